The molecular weight excluding hydrogens is 318 g/mol. The van der Waals surface area contributed by atoms with E-state index in [0.29, 0.717) is 12.2 Å². The number of carboxylic acid groups (broad SMARTS) is 4. The molecule has 0 heterocycles. The molecule has 2 atom stereocenters. The SMILES string of the molecule is O=C(O)/C=C\C(=O)O.O=C([O-])C(O)C(O)C(=O)[O-].[K+].[Na+]. The molecular formula is C8H8KNaO10. The van der Waals surface area contributed by atoms with Crippen LogP contribution in [0.3, 0.4) is 0 Å². The summed E-state index contributed by atoms with van der Waals surface area (Å²) in [5.41, 5.74) is 0. The van der Waals surface area contributed by atoms with E-state index in [0.717, 1.165) is 0 Å². The van der Waals surface area contributed by atoms with Crippen molar-refractivity contribution in [2.75, 3.05) is 0 Å². The molecule has 0 aliphatic rings. The summed E-state index contributed by atoms with van der Waals surface area (Å²) in [5, 5.41) is 51.4. The van der Waals surface area contributed by atoms with E-state index in [4.69, 9.17) is 20.4 Å². The van der Waals surface area contributed by atoms with Gasteiger partial charge in [-0.05, 0) is 0 Å². The minimum atomic E-state index is -2.44. The molecule has 0 amide bonds. The van der Waals surface area contributed by atoms with Crippen LogP contribution >= 0.6 is 0 Å². The number of rotatable bonds is 5. The first-order chi connectivity index (χ1) is 8.09. The third kappa shape index (κ3) is 18.2. The Kier molecular flexibility index (Phi) is 22.1. The first kappa shape index (κ1) is 28.4. The van der Waals surface area contributed by atoms with Crippen molar-refractivity contribution in [2.24, 2.45) is 0 Å². The number of hydrogen-bond donors (Lipinski definition) is 4. The molecule has 10 nitrogen and oxygen atoms in total. The van der Waals surface area contributed by atoms with Gasteiger partial charge >= 0.3 is 92.9 Å². The van der Waals surface area contributed by atoms with Gasteiger partial charge in [-0.15, -0.1) is 0 Å². The second kappa shape index (κ2) is 15.6. The Labute approximate surface area is 176 Å². The Morgan fingerprint density at radius 2 is 1.00 bits per heavy atom. The smallest absolute Gasteiger partial charge is 0.547 e. The quantitative estimate of drug-likeness (QED) is 0.278. The summed E-state index contributed by atoms with van der Waals surface area (Å²) >= 11 is 0. The van der Waals surface area contributed by atoms with Crippen molar-refractivity contribution in [2.45, 2.75) is 12.2 Å². The van der Waals surface area contributed by atoms with Crippen LogP contribution in [-0.2, 0) is 19.2 Å². The van der Waals surface area contributed by atoms with Gasteiger partial charge < -0.3 is 40.2 Å². The summed E-state index contributed by atoms with van der Waals surface area (Å²) in [6, 6.07) is 0. The first-order valence-electron chi connectivity index (χ1n) is 4.01. The van der Waals surface area contributed by atoms with E-state index in [1.807, 2.05) is 0 Å². The molecule has 102 valence electrons. The van der Waals surface area contributed by atoms with E-state index >= 15 is 0 Å². The van der Waals surface area contributed by atoms with E-state index in [1.54, 1.807) is 0 Å². The van der Waals surface area contributed by atoms with Crippen LogP contribution in [0.15, 0.2) is 12.2 Å². The van der Waals surface area contributed by atoms with Gasteiger partial charge in [-0.3, -0.25) is 0 Å². The Morgan fingerprint density at radius 3 is 1.10 bits per heavy atom. The van der Waals surface area contributed by atoms with Crippen molar-refractivity contribution in [3.63, 3.8) is 0 Å². The summed E-state index contributed by atoms with van der Waals surface area (Å²) in [6.07, 6.45) is -3.76. The Balaban J connectivity index is -0.000000119. The van der Waals surface area contributed by atoms with Crippen LogP contribution in [0.5, 0.6) is 0 Å². The predicted molar refractivity (Wildman–Crippen MR) is 46.4 cm³/mol. The van der Waals surface area contributed by atoms with Crippen molar-refractivity contribution in [1.29, 1.82) is 0 Å². The Bertz CT molecular complexity index is 334. The van der Waals surface area contributed by atoms with Gasteiger partial charge in [0.15, 0.2) is 0 Å². The van der Waals surface area contributed by atoms with Gasteiger partial charge in [0.05, 0.1) is 11.9 Å². The molecule has 0 aliphatic carbocycles. The van der Waals surface area contributed by atoms with Gasteiger partial charge in [0.2, 0.25) is 0 Å². The van der Waals surface area contributed by atoms with E-state index in [1.165, 1.54) is 0 Å². The molecule has 2 unspecified atom stereocenters. The van der Waals surface area contributed by atoms with E-state index in [-0.39, 0.29) is 80.9 Å². The normalized spacial score (nSPS) is 11.7. The second-order valence-corrected chi connectivity index (χ2v) is 2.54. The summed E-state index contributed by atoms with van der Waals surface area (Å²) < 4.78 is 0. The molecule has 0 bridgehead atoms. The standard InChI is InChI=1S/C4H6O6.C4H4O4.K.Na/c5-1(3(7)8)2(6)4(9)10;5-3(6)1-2-4(7)8;;/h1-2,5-6H,(H,7,8)(H,9,10);1-2H,(H,5,6)(H,7,8);;/q;;2*+1/p-2/b;2-1-;;. The van der Waals surface area contributed by atoms with Crippen molar-refractivity contribution in [3.05, 3.63) is 12.2 Å². The Morgan fingerprint density at radius 1 is 0.800 bits per heavy atom. The van der Waals surface area contributed by atoms with Crippen LogP contribution in [0.4, 0.5) is 0 Å². The van der Waals surface area contributed by atoms with E-state index in [2.05, 4.69) is 0 Å². The van der Waals surface area contributed by atoms with Gasteiger partial charge in [0, 0.05) is 12.2 Å². The summed E-state index contributed by atoms with van der Waals surface area (Å²) in [4.78, 5) is 38.4. The van der Waals surface area contributed by atoms with Gasteiger partial charge in [-0.25, -0.2) is 9.59 Å². The predicted octanol–water partition coefficient (Wildman–Crippen LogP) is -11.1. The molecule has 0 rings (SSSR count). The van der Waals surface area contributed by atoms with Crippen LogP contribution in [0.1, 0.15) is 0 Å². The molecule has 0 aromatic rings. The molecule has 0 saturated carbocycles. The molecule has 0 spiro atoms. The number of aliphatic hydroxyl groups excluding tert-OH is 2. The summed E-state index contributed by atoms with van der Waals surface area (Å²) in [5.74, 6) is -6.63. The van der Waals surface area contributed by atoms with Crippen LogP contribution in [-0.4, -0.2) is 56.5 Å². The molecule has 12 heteroatoms. The van der Waals surface area contributed by atoms with Gasteiger partial charge in [0.1, 0.15) is 12.2 Å². The van der Waals surface area contributed by atoms with Crippen LogP contribution in [0, 0.1) is 0 Å². The fourth-order valence-electron chi connectivity index (χ4n) is 0.400. The average Bonchev–Trinajstić information content (AvgIpc) is 2.24. The molecule has 0 fully saturated rings. The van der Waals surface area contributed by atoms with Gasteiger partial charge in [0.25, 0.3) is 0 Å². The van der Waals surface area contributed by atoms with Crippen LogP contribution in [0.2, 0.25) is 0 Å². The average molecular weight is 326 g/mol. The molecule has 20 heavy (non-hydrogen) atoms. The van der Waals surface area contributed by atoms with Crippen LogP contribution < -0.4 is 91.2 Å². The maximum Gasteiger partial charge on any atom is 1.00 e. The minimum Gasteiger partial charge on any atom is -0.547 e. The zero-order valence-electron chi connectivity index (χ0n) is 10.5. The van der Waals surface area contributed by atoms with Crippen molar-refractivity contribution in [3.8, 4) is 0 Å². The van der Waals surface area contributed by atoms with Crippen molar-refractivity contribution >= 4 is 23.9 Å². The number of aliphatic hydroxyl groups is 2. The topological polar surface area (TPSA) is 195 Å². The largest absolute Gasteiger partial charge is 1.00 e. The number of carbonyl (C=O) groups excluding carboxylic acids is 2. The summed E-state index contributed by atoms with van der Waals surface area (Å²) in [6.45, 7) is 0. The number of carboxylic acids is 4. The first-order valence-corrected chi connectivity index (χ1v) is 4.01. The van der Waals surface area contributed by atoms with Crippen molar-refractivity contribution < 1.29 is 131 Å². The van der Waals surface area contributed by atoms with Crippen molar-refractivity contribution in [1.82, 2.24) is 0 Å². The zero-order valence-corrected chi connectivity index (χ0v) is 15.7. The number of aliphatic carboxylic acids is 4. The fourth-order valence-corrected chi connectivity index (χ4v) is 0.400. The third-order valence-corrected chi connectivity index (χ3v) is 1.15. The Hall–Kier alpha value is 0.176. The molecule has 0 aromatic carbocycles. The maximum atomic E-state index is 9.63. The monoisotopic (exact) mass is 326 g/mol. The number of hydrogen-bond acceptors (Lipinski definition) is 8. The second-order valence-electron chi connectivity index (χ2n) is 2.54. The molecule has 0 aliphatic heterocycles. The number of carbonyl (C=O) groups is 4. The summed E-state index contributed by atoms with van der Waals surface area (Å²) in [7, 11) is 0. The fraction of sp³-hybridized carbons (Fsp3) is 0.250. The maximum absolute atomic E-state index is 9.63. The third-order valence-electron chi connectivity index (χ3n) is 1.15. The van der Waals surface area contributed by atoms with Crippen LogP contribution in [0.25, 0.3) is 0 Å². The van der Waals surface area contributed by atoms with E-state index in [9.17, 15) is 29.4 Å². The van der Waals surface area contributed by atoms with Gasteiger partial charge in [-0.1, -0.05) is 0 Å². The van der Waals surface area contributed by atoms with Gasteiger partial charge in [-0.2, -0.15) is 0 Å². The molecule has 4 N–H and O–H groups in total. The molecule has 0 aromatic heterocycles. The molecule has 0 radical (unpaired) electrons. The molecule has 0 saturated heterocycles. The zero-order chi connectivity index (χ0) is 14.9. The van der Waals surface area contributed by atoms with E-state index < -0.39 is 36.1 Å². The minimum absolute atomic E-state index is 0.